The van der Waals surface area contributed by atoms with E-state index in [1.165, 1.54) is 0 Å². The van der Waals surface area contributed by atoms with E-state index in [9.17, 15) is 4.79 Å². The number of hydrogen-bond donors (Lipinski definition) is 1. The molecule has 5 heteroatoms. The van der Waals surface area contributed by atoms with Gasteiger partial charge >= 0.3 is 0 Å². The molecule has 134 valence electrons. The van der Waals surface area contributed by atoms with Crippen LogP contribution in [0.15, 0.2) is 54.7 Å². The summed E-state index contributed by atoms with van der Waals surface area (Å²) in [5.41, 5.74) is 3.95. The van der Waals surface area contributed by atoms with Crippen molar-refractivity contribution in [2.45, 2.75) is 39.7 Å². The summed E-state index contributed by atoms with van der Waals surface area (Å²) in [5, 5.41) is 7.55. The van der Waals surface area contributed by atoms with E-state index in [2.05, 4.69) is 36.2 Å². The molecule has 2 aromatic heterocycles. The number of aromatic nitrogens is 3. The third-order valence-corrected chi connectivity index (χ3v) is 4.16. The minimum absolute atomic E-state index is 0.103. The first kappa shape index (κ1) is 17.9. The summed E-state index contributed by atoms with van der Waals surface area (Å²) in [4.78, 5) is 17.2. The lowest BCUT2D eigenvalue weighted by atomic mass is 9.92. The van der Waals surface area contributed by atoms with Gasteiger partial charge in [-0.3, -0.25) is 14.5 Å². The van der Waals surface area contributed by atoms with Crippen LogP contribution in [-0.4, -0.2) is 20.7 Å². The molecule has 1 aromatic carbocycles. The molecule has 0 saturated carbocycles. The van der Waals surface area contributed by atoms with Gasteiger partial charge in [0, 0.05) is 29.4 Å². The average Bonchev–Trinajstić information content (AvgIpc) is 3.08. The second-order valence-corrected chi connectivity index (χ2v) is 7.23. The fraction of sp³-hybridized carbons (Fsp3) is 0.286. The Bertz CT molecular complexity index is 907. The predicted molar refractivity (Wildman–Crippen MR) is 104 cm³/mol. The van der Waals surface area contributed by atoms with Gasteiger partial charge in [-0.05, 0) is 37.3 Å². The second kappa shape index (κ2) is 7.12. The molecule has 2 heterocycles. The SMILES string of the molecule is CCn1nc(C(C)(C)C)cc1C(=O)Nc1cccc(-c2ccccn2)c1. The van der Waals surface area contributed by atoms with E-state index in [1.807, 2.05) is 55.5 Å². The Morgan fingerprint density at radius 2 is 1.92 bits per heavy atom. The summed E-state index contributed by atoms with van der Waals surface area (Å²) in [6.07, 6.45) is 1.76. The molecular formula is C21H24N4O. The number of pyridine rings is 1. The van der Waals surface area contributed by atoms with Crippen molar-refractivity contribution in [1.82, 2.24) is 14.8 Å². The minimum Gasteiger partial charge on any atom is -0.321 e. The largest absolute Gasteiger partial charge is 0.321 e. The van der Waals surface area contributed by atoms with Gasteiger partial charge in [-0.2, -0.15) is 5.10 Å². The number of nitrogens with zero attached hydrogens (tertiary/aromatic N) is 3. The summed E-state index contributed by atoms with van der Waals surface area (Å²) in [6, 6.07) is 15.3. The smallest absolute Gasteiger partial charge is 0.273 e. The van der Waals surface area contributed by atoms with Crippen LogP contribution in [-0.2, 0) is 12.0 Å². The number of carbonyl (C=O) groups is 1. The Hall–Kier alpha value is -2.95. The summed E-state index contributed by atoms with van der Waals surface area (Å²) < 4.78 is 1.75. The highest BCUT2D eigenvalue weighted by Gasteiger charge is 2.22. The molecule has 0 aliphatic carbocycles. The Morgan fingerprint density at radius 3 is 2.58 bits per heavy atom. The summed E-state index contributed by atoms with van der Waals surface area (Å²) in [6.45, 7) is 8.90. The topological polar surface area (TPSA) is 59.8 Å². The van der Waals surface area contributed by atoms with Crippen LogP contribution in [0.5, 0.6) is 0 Å². The lowest BCUT2D eigenvalue weighted by molar-refractivity contribution is 0.101. The maximum Gasteiger partial charge on any atom is 0.273 e. The molecule has 1 amide bonds. The lowest BCUT2D eigenvalue weighted by Crippen LogP contribution is -2.17. The maximum absolute atomic E-state index is 12.8. The molecule has 0 bridgehead atoms. The molecule has 3 rings (SSSR count). The van der Waals surface area contributed by atoms with Crippen LogP contribution in [0.3, 0.4) is 0 Å². The van der Waals surface area contributed by atoms with E-state index < -0.39 is 0 Å². The fourth-order valence-electron chi connectivity index (χ4n) is 2.69. The van der Waals surface area contributed by atoms with Crippen molar-refractivity contribution in [3.05, 3.63) is 66.1 Å². The second-order valence-electron chi connectivity index (χ2n) is 7.23. The summed E-state index contributed by atoms with van der Waals surface area (Å²) in [5.74, 6) is -0.159. The standard InChI is InChI=1S/C21H24N4O/c1-5-25-18(14-19(24-25)21(2,3)4)20(26)23-16-10-8-9-15(13-16)17-11-6-7-12-22-17/h6-14H,5H2,1-4H3,(H,23,26). The maximum atomic E-state index is 12.8. The quantitative estimate of drug-likeness (QED) is 0.754. The number of benzene rings is 1. The third-order valence-electron chi connectivity index (χ3n) is 4.16. The highest BCUT2D eigenvalue weighted by molar-refractivity contribution is 6.03. The molecule has 0 fully saturated rings. The van der Waals surface area contributed by atoms with E-state index >= 15 is 0 Å². The minimum atomic E-state index is -0.159. The zero-order chi connectivity index (χ0) is 18.7. The number of aryl methyl sites for hydroxylation is 1. The number of hydrogen-bond acceptors (Lipinski definition) is 3. The van der Waals surface area contributed by atoms with Crippen molar-refractivity contribution in [1.29, 1.82) is 0 Å². The average molecular weight is 348 g/mol. The molecule has 26 heavy (non-hydrogen) atoms. The Kier molecular flexibility index (Phi) is 4.89. The number of amides is 1. The first-order valence-corrected chi connectivity index (χ1v) is 8.79. The van der Waals surface area contributed by atoms with Crippen molar-refractivity contribution in [3.8, 4) is 11.3 Å². The molecule has 0 aliphatic heterocycles. The summed E-state index contributed by atoms with van der Waals surface area (Å²) in [7, 11) is 0. The first-order valence-electron chi connectivity index (χ1n) is 8.79. The molecule has 1 N–H and O–H groups in total. The van der Waals surface area contributed by atoms with Gasteiger partial charge in [0.15, 0.2) is 0 Å². The van der Waals surface area contributed by atoms with E-state index in [1.54, 1.807) is 10.9 Å². The van der Waals surface area contributed by atoms with E-state index in [-0.39, 0.29) is 11.3 Å². The van der Waals surface area contributed by atoms with Gasteiger partial charge in [-0.15, -0.1) is 0 Å². The van der Waals surface area contributed by atoms with Crippen molar-refractivity contribution in [2.24, 2.45) is 0 Å². The van der Waals surface area contributed by atoms with Crippen LogP contribution in [0.2, 0.25) is 0 Å². The Morgan fingerprint density at radius 1 is 1.12 bits per heavy atom. The molecule has 0 spiro atoms. The van der Waals surface area contributed by atoms with Gasteiger partial charge in [-0.1, -0.05) is 39.0 Å². The molecule has 0 aliphatic rings. The molecule has 0 atom stereocenters. The van der Waals surface area contributed by atoms with E-state index in [0.717, 1.165) is 22.6 Å². The Labute approximate surface area is 154 Å². The van der Waals surface area contributed by atoms with Crippen LogP contribution in [0.1, 0.15) is 43.9 Å². The lowest BCUT2D eigenvalue weighted by Gasteiger charge is -2.13. The number of rotatable bonds is 4. The van der Waals surface area contributed by atoms with E-state index in [0.29, 0.717) is 12.2 Å². The van der Waals surface area contributed by atoms with Gasteiger partial charge in [-0.25, -0.2) is 0 Å². The van der Waals surface area contributed by atoms with Crippen LogP contribution < -0.4 is 5.32 Å². The molecule has 3 aromatic rings. The van der Waals surface area contributed by atoms with Crippen molar-refractivity contribution in [3.63, 3.8) is 0 Å². The predicted octanol–water partition coefficient (Wildman–Crippen LogP) is 4.51. The van der Waals surface area contributed by atoms with Gasteiger partial charge in [0.2, 0.25) is 0 Å². The third kappa shape index (κ3) is 3.82. The van der Waals surface area contributed by atoms with Crippen LogP contribution in [0.25, 0.3) is 11.3 Å². The fourth-order valence-corrected chi connectivity index (χ4v) is 2.69. The number of anilines is 1. The zero-order valence-electron chi connectivity index (χ0n) is 15.7. The van der Waals surface area contributed by atoms with Gasteiger partial charge in [0.05, 0.1) is 11.4 Å². The first-order chi connectivity index (χ1) is 12.4. The summed E-state index contributed by atoms with van der Waals surface area (Å²) >= 11 is 0. The van der Waals surface area contributed by atoms with E-state index in [4.69, 9.17) is 0 Å². The van der Waals surface area contributed by atoms with Crippen molar-refractivity contribution >= 4 is 11.6 Å². The Balaban J connectivity index is 1.86. The molecular weight excluding hydrogens is 324 g/mol. The van der Waals surface area contributed by atoms with Crippen LogP contribution in [0, 0.1) is 0 Å². The van der Waals surface area contributed by atoms with Gasteiger partial charge < -0.3 is 5.32 Å². The normalized spacial score (nSPS) is 11.4. The molecule has 5 nitrogen and oxygen atoms in total. The van der Waals surface area contributed by atoms with Crippen LogP contribution in [0.4, 0.5) is 5.69 Å². The highest BCUT2D eigenvalue weighted by Crippen LogP contribution is 2.24. The number of carbonyl (C=O) groups excluding carboxylic acids is 1. The van der Waals surface area contributed by atoms with Crippen molar-refractivity contribution < 1.29 is 4.79 Å². The molecule has 0 radical (unpaired) electrons. The van der Waals surface area contributed by atoms with Crippen LogP contribution >= 0.6 is 0 Å². The number of nitrogens with one attached hydrogen (secondary N) is 1. The zero-order valence-corrected chi connectivity index (χ0v) is 15.7. The highest BCUT2D eigenvalue weighted by atomic mass is 16.2. The van der Waals surface area contributed by atoms with Crippen molar-refractivity contribution in [2.75, 3.05) is 5.32 Å². The monoisotopic (exact) mass is 348 g/mol. The molecule has 0 unspecified atom stereocenters. The van der Waals surface area contributed by atoms with Gasteiger partial charge in [0.1, 0.15) is 5.69 Å². The van der Waals surface area contributed by atoms with Gasteiger partial charge in [0.25, 0.3) is 5.91 Å². The molecule has 0 saturated heterocycles.